The van der Waals surface area contributed by atoms with Crippen LogP contribution in [0.25, 0.3) is 11.1 Å². The number of carbonyl (C=O) groups excluding carboxylic acids is 1. The van der Waals surface area contributed by atoms with Crippen molar-refractivity contribution < 1.29 is 31.6 Å². The Labute approximate surface area is 198 Å². The maximum atomic E-state index is 13.0. The minimum Gasteiger partial charge on any atom is -0.480 e. The molecule has 2 aromatic heterocycles. The third kappa shape index (κ3) is 5.12. The van der Waals surface area contributed by atoms with E-state index in [4.69, 9.17) is 13.6 Å². The van der Waals surface area contributed by atoms with E-state index >= 15 is 0 Å². The molecule has 34 heavy (non-hydrogen) atoms. The van der Waals surface area contributed by atoms with Gasteiger partial charge in [0, 0.05) is 41.7 Å². The molecule has 3 heterocycles. The first-order chi connectivity index (χ1) is 17.4. The van der Waals surface area contributed by atoms with Crippen molar-refractivity contribution in [1.82, 2.24) is 9.97 Å². The molecular formula is C24H23F3N4O3. The van der Waals surface area contributed by atoms with Gasteiger partial charge in [0.2, 0.25) is 5.88 Å². The van der Waals surface area contributed by atoms with Crippen LogP contribution in [0, 0.1) is 6.92 Å². The van der Waals surface area contributed by atoms with Gasteiger partial charge < -0.3 is 19.7 Å². The van der Waals surface area contributed by atoms with Gasteiger partial charge in [-0.1, -0.05) is 6.07 Å². The topological polar surface area (TPSA) is 76.6 Å². The lowest BCUT2D eigenvalue weighted by molar-refractivity contribution is -0.137. The molecule has 1 N–H and O–H groups in total. The Hall–Kier alpha value is -3.66. The molecule has 0 atom stereocenters. The minimum atomic E-state index is -4.57. The summed E-state index contributed by atoms with van der Waals surface area (Å²) in [6, 6.07) is 7.47. The van der Waals surface area contributed by atoms with Crippen molar-refractivity contribution in [3.8, 4) is 17.0 Å². The lowest BCUT2D eigenvalue weighted by atomic mass is 10.0. The molecule has 178 valence electrons. The summed E-state index contributed by atoms with van der Waals surface area (Å²) < 4.78 is 72.0. The summed E-state index contributed by atoms with van der Waals surface area (Å²) in [5.41, 5.74) is 1.41. The highest BCUT2D eigenvalue weighted by atomic mass is 19.4. The van der Waals surface area contributed by atoms with Gasteiger partial charge in [-0.3, -0.25) is 9.78 Å². The van der Waals surface area contributed by atoms with Crippen LogP contribution in [0.2, 0.25) is 0 Å². The number of anilines is 2. The minimum absolute atomic E-state index is 0.0507. The summed E-state index contributed by atoms with van der Waals surface area (Å²) in [5, 5.41) is 2.58. The van der Waals surface area contributed by atoms with Gasteiger partial charge in [-0.05, 0) is 37.3 Å². The molecule has 4 rings (SSSR count). The number of nitrogens with one attached hydrogen (secondary N) is 1. The molecule has 1 aliphatic rings. The number of alkyl halides is 3. The van der Waals surface area contributed by atoms with E-state index in [1.807, 2.05) is 4.90 Å². The number of aryl methyl sites for hydroxylation is 1. The van der Waals surface area contributed by atoms with E-state index in [9.17, 15) is 18.0 Å². The van der Waals surface area contributed by atoms with Crippen LogP contribution in [0.15, 0.2) is 48.8 Å². The summed E-state index contributed by atoms with van der Waals surface area (Å²) in [5.74, 6) is -0.776. The summed E-state index contributed by atoms with van der Waals surface area (Å²) in [7, 11) is -2.69. The van der Waals surface area contributed by atoms with Crippen LogP contribution >= 0.6 is 0 Å². The predicted molar refractivity (Wildman–Crippen MR) is 121 cm³/mol. The van der Waals surface area contributed by atoms with E-state index in [-0.39, 0.29) is 17.1 Å². The zero-order chi connectivity index (χ0) is 26.8. The number of aromatic nitrogens is 2. The van der Waals surface area contributed by atoms with Gasteiger partial charge in [0.05, 0.1) is 41.8 Å². The number of rotatable bonds is 5. The quantitative estimate of drug-likeness (QED) is 0.583. The number of methoxy groups -OCH3 is 1. The number of ether oxygens (including phenoxy) is 2. The third-order valence-corrected chi connectivity index (χ3v) is 5.39. The van der Waals surface area contributed by atoms with Crippen molar-refractivity contribution in [3.05, 3.63) is 65.6 Å². The lowest BCUT2D eigenvalue weighted by Crippen LogP contribution is -2.36. The van der Waals surface area contributed by atoms with Crippen molar-refractivity contribution in [2.45, 2.75) is 13.1 Å². The van der Waals surface area contributed by atoms with Gasteiger partial charge in [-0.2, -0.15) is 13.2 Å². The van der Waals surface area contributed by atoms with E-state index in [0.29, 0.717) is 48.8 Å². The number of carbonyl (C=O) groups is 1. The van der Waals surface area contributed by atoms with Crippen LogP contribution in [0.3, 0.4) is 0 Å². The van der Waals surface area contributed by atoms with Crippen molar-refractivity contribution in [2.75, 3.05) is 43.6 Å². The first-order valence-corrected chi connectivity index (χ1v) is 10.4. The van der Waals surface area contributed by atoms with Gasteiger partial charge >= 0.3 is 6.18 Å². The van der Waals surface area contributed by atoms with E-state index in [0.717, 1.165) is 18.2 Å². The van der Waals surface area contributed by atoms with Crippen LogP contribution in [0.5, 0.6) is 5.88 Å². The van der Waals surface area contributed by atoms with Crippen molar-refractivity contribution in [1.29, 1.82) is 0 Å². The Morgan fingerprint density at radius 3 is 2.71 bits per heavy atom. The summed E-state index contributed by atoms with van der Waals surface area (Å²) in [6.07, 6.45) is -1.74. The maximum Gasteiger partial charge on any atom is 0.416 e. The monoisotopic (exact) mass is 475 g/mol. The standard InChI is InChI=1S/C24H23F3N4O3/c1-15-20(17-11-21(23(33-2)29-13-17)31-6-8-34-9-7-31)12-19(14-28-15)30-22(32)16-4-3-5-18(10-16)24(25,26)27/h3-5,10-14H,6-9H2,1-2H3,(H,30,32)/i2D3. The Morgan fingerprint density at radius 2 is 1.97 bits per heavy atom. The normalized spacial score (nSPS) is 15.8. The van der Waals surface area contributed by atoms with Crippen LogP contribution < -0.4 is 15.0 Å². The van der Waals surface area contributed by atoms with Crippen molar-refractivity contribution in [3.63, 3.8) is 0 Å². The van der Waals surface area contributed by atoms with Crippen LogP contribution in [-0.2, 0) is 10.9 Å². The Kier molecular flexibility index (Phi) is 5.63. The van der Waals surface area contributed by atoms with Gasteiger partial charge in [0.1, 0.15) is 5.69 Å². The number of pyridine rings is 2. The number of hydrogen-bond donors (Lipinski definition) is 1. The van der Waals surface area contributed by atoms with Gasteiger partial charge in [-0.15, -0.1) is 0 Å². The fourth-order valence-electron chi connectivity index (χ4n) is 3.63. The van der Waals surface area contributed by atoms with Crippen LogP contribution in [0.1, 0.15) is 25.7 Å². The first kappa shape index (κ1) is 19.8. The Balaban J connectivity index is 1.65. The molecule has 10 heteroatoms. The van der Waals surface area contributed by atoms with E-state index < -0.39 is 24.7 Å². The average molecular weight is 475 g/mol. The lowest BCUT2D eigenvalue weighted by Gasteiger charge is -2.29. The molecule has 1 amide bonds. The number of nitrogens with zero attached hydrogens (tertiary/aromatic N) is 3. The summed E-state index contributed by atoms with van der Waals surface area (Å²) >= 11 is 0. The second-order valence-electron chi connectivity index (χ2n) is 7.64. The number of amides is 1. The summed E-state index contributed by atoms with van der Waals surface area (Å²) in [4.78, 5) is 23.1. The van der Waals surface area contributed by atoms with E-state index in [1.165, 1.54) is 18.5 Å². The van der Waals surface area contributed by atoms with Crippen molar-refractivity contribution in [2.24, 2.45) is 0 Å². The van der Waals surface area contributed by atoms with E-state index in [2.05, 4.69) is 15.3 Å². The number of benzene rings is 1. The Morgan fingerprint density at radius 1 is 1.18 bits per heavy atom. The fraction of sp³-hybridized carbons (Fsp3) is 0.292. The molecule has 0 aliphatic carbocycles. The number of halogens is 3. The van der Waals surface area contributed by atoms with E-state index in [1.54, 1.807) is 19.1 Å². The smallest absolute Gasteiger partial charge is 0.416 e. The highest BCUT2D eigenvalue weighted by Crippen LogP contribution is 2.34. The largest absolute Gasteiger partial charge is 0.480 e. The third-order valence-electron chi connectivity index (χ3n) is 5.39. The molecule has 7 nitrogen and oxygen atoms in total. The zero-order valence-electron chi connectivity index (χ0n) is 21.1. The molecule has 0 spiro atoms. The molecule has 0 saturated carbocycles. The van der Waals surface area contributed by atoms with Gasteiger partial charge in [-0.25, -0.2) is 4.98 Å². The molecule has 1 aliphatic heterocycles. The SMILES string of the molecule is [2H]C([2H])([2H])Oc1ncc(-c2cc(NC(=O)c3cccc(C(F)(F)F)c3)cnc2C)cc1N1CCOCC1. The van der Waals surface area contributed by atoms with Gasteiger partial charge in [0.15, 0.2) is 0 Å². The predicted octanol–water partition coefficient (Wildman–Crippen LogP) is 4.57. The second-order valence-corrected chi connectivity index (χ2v) is 7.64. The molecule has 1 fully saturated rings. The second kappa shape index (κ2) is 9.68. The van der Waals surface area contributed by atoms with Crippen LogP contribution in [0.4, 0.5) is 24.5 Å². The van der Waals surface area contributed by atoms with Crippen LogP contribution in [-0.4, -0.2) is 49.2 Å². The molecule has 0 radical (unpaired) electrons. The molecule has 1 saturated heterocycles. The number of hydrogen-bond acceptors (Lipinski definition) is 6. The molecule has 0 unspecified atom stereocenters. The highest BCUT2D eigenvalue weighted by Gasteiger charge is 2.31. The summed E-state index contributed by atoms with van der Waals surface area (Å²) in [6.45, 7) is 3.67. The average Bonchev–Trinajstić information content (AvgIpc) is 2.85. The molecular weight excluding hydrogens is 449 g/mol. The molecule has 1 aromatic carbocycles. The fourth-order valence-corrected chi connectivity index (χ4v) is 3.63. The number of morpholine rings is 1. The highest BCUT2D eigenvalue weighted by molar-refractivity contribution is 6.04. The van der Waals surface area contributed by atoms with Crippen molar-refractivity contribution >= 4 is 17.3 Å². The first-order valence-electron chi connectivity index (χ1n) is 11.9. The zero-order valence-corrected chi connectivity index (χ0v) is 18.1. The molecule has 0 bridgehead atoms. The Bertz CT molecular complexity index is 1300. The maximum absolute atomic E-state index is 13.0. The molecule has 3 aromatic rings. The van der Waals surface area contributed by atoms with Gasteiger partial charge in [0.25, 0.3) is 5.91 Å².